The van der Waals surface area contributed by atoms with Crippen molar-refractivity contribution in [3.8, 4) is 34.5 Å². The van der Waals surface area contributed by atoms with Gasteiger partial charge in [-0.3, -0.25) is 4.79 Å². The zero-order valence-electron chi connectivity index (χ0n) is 34.3. The number of carbonyl (C=O) groups excluding carboxylic acids is 1. The quantitative estimate of drug-likeness (QED) is 0.121. The second-order valence-corrected chi connectivity index (χ2v) is 23.1. The van der Waals surface area contributed by atoms with Crippen molar-refractivity contribution < 1.29 is 46.1 Å². The molecule has 6 rings (SSSR count). The van der Waals surface area contributed by atoms with Crippen LogP contribution in [0.2, 0.25) is 18.1 Å². The molecule has 1 aliphatic carbocycles. The van der Waals surface area contributed by atoms with Crippen molar-refractivity contribution in [1.29, 1.82) is 0 Å². The number of rotatable bonds is 13. The molecule has 0 amide bonds. The third-order valence-corrected chi connectivity index (χ3v) is 17.6. The highest BCUT2D eigenvalue weighted by Gasteiger charge is 2.52. The molecule has 4 aromatic rings. The van der Waals surface area contributed by atoms with Gasteiger partial charge in [0.15, 0.2) is 46.9 Å². The molecule has 0 bridgehead atoms. The molecular formula is C44H54O10SSi. The molecule has 0 radical (unpaired) electrons. The van der Waals surface area contributed by atoms with Gasteiger partial charge in [0.25, 0.3) is 0 Å². The predicted molar refractivity (Wildman–Crippen MR) is 218 cm³/mol. The van der Waals surface area contributed by atoms with E-state index < -0.39 is 53.5 Å². The fraction of sp³-hybridized carbons (Fsp3) is 0.432. The molecule has 0 saturated heterocycles. The number of Topliss-reactive ketones (excluding diaryl/α,β-unsaturated/α-hetero) is 1. The highest BCUT2D eigenvalue weighted by Crippen LogP contribution is 2.57. The van der Waals surface area contributed by atoms with Crippen LogP contribution in [-0.4, -0.2) is 63.0 Å². The van der Waals surface area contributed by atoms with Crippen LogP contribution in [0.25, 0.3) is 0 Å². The van der Waals surface area contributed by atoms with Crippen LogP contribution in [-0.2, 0) is 19.1 Å². The Bertz CT molecular complexity index is 2160. The van der Waals surface area contributed by atoms with Crippen LogP contribution in [0.5, 0.6) is 34.5 Å². The van der Waals surface area contributed by atoms with Crippen molar-refractivity contribution >= 4 is 23.9 Å². The van der Waals surface area contributed by atoms with Crippen LogP contribution in [0.4, 0.5) is 0 Å². The minimum Gasteiger partial charge on any atom is -0.493 e. The van der Waals surface area contributed by atoms with Crippen molar-refractivity contribution in [3.05, 3.63) is 100 Å². The van der Waals surface area contributed by atoms with E-state index in [0.29, 0.717) is 40.1 Å². The van der Waals surface area contributed by atoms with Gasteiger partial charge in [-0.1, -0.05) is 56.7 Å². The van der Waals surface area contributed by atoms with E-state index in [1.807, 2.05) is 45.0 Å². The number of fused-ring (bicyclic) bond motifs is 2. The number of aryl methyl sites for hydroxylation is 3. The number of carbonyl (C=O) groups is 1. The van der Waals surface area contributed by atoms with E-state index in [2.05, 4.69) is 46.0 Å². The summed E-state index contributed by atoms with van der Waals surface area (Å²) < 4.78 is 71.6. The van der Waals surface area contributed by atoms with Crippen molar-refractivity contribution in [2.75, 3.05) is 40.5 Å². The average Bonchev–Trinajstić information content (AvgIpc) is 3.60. The van der Waals surface area contributed by atoms with Crippen molar-refractivity contribution in [2.24, 2.45) is 11.8 Å². The summed E-state index contributed by atoms with van der Waals surface area (Å²) in [5.41, 5.74) is 5.25. The first kappa shape index (κ1) is 41.1. The molecule has 0 fully saturated rings. The summed E-state index contributed by atoms with van der Waals surface area (Å²) in [5, 5.41) is -0.206. The maximum atomic E-state index is 15.3. The molecule has 1 aliphatic heterocycles. The van der Waals surface area contributed by atoms with Gasteiger partial charge in [-0.05, 0) is 103 Å². The first-order valence-electron chi connectivity index (χ1n) is 18.8. The fourth-order valence-corrected chi connectivity index (χ4v) is 10.4. The normalized spacial score (nSPS) is 19.3. The molecule has 0 unspecified atom stereocenters. The Morgan fingerprint density at radius 2 is 1.38 bits per heavy atom. The molecule has 0 saturated carbocycles. The summed E-state index contributed by atoms with van der Waals surface area (Å²) in [6.45, 7) is 17.0. The molecule has 300 valence electrons. The standard InChI is InChI=1S/C44H54O10SSi/c1-26-17-27(2)41(28(3)18-26)51-23-33-40(34(45)24-55(46,47)30-15-13-12-14-16-30)39(29-19-37(48-7)43(50-9)38(20-29)49-8)31-21-35-36(53-25-52-35)22-32(31)42(33)54-56(10,11)44(4,5)6/h12-22,33,39-40,42H,23-25H2,1-11H3/t33-,39-,40+,42-/m0/s1. The van der Waals surface area contributed by atoms with E-state index in [0.717, 1.165) is 27.8 Å². The van der Waals surface area contributed by atoms with Gasteiger partial charge in [-0.25, -0.2) is 8.42 Å². The van der Waals surface area contributed by atoms with Crippen LogP contribution < -0.4 is 28.4 Å². The fourth-order valence-electron chi connectivity index (χ4n) is 7.85. The second-order valence-electron chi connectivity index (χ2n) is 16.3. The van der Waals surface area contributed by atoms with Gasteiger partial charge < -0.3 is 32.8 Å². The molecule has 0 N–H and O–H groups in total. The lowest BCUT2D eigenvalue weighted by atomic mass is 9.64. The highest BCUT2D eigenvalue weighted by molar-refractivity contribution is 7.92. The summed E-state index contributed by atoms with van der Waals surface area (Å²) in [4.78, 5) is 15.4. The Morgan fingerprint density at radius 1 is 0.804 bits per heavy atom. The molecule has 56 heavy (non-hydrogen) atoms. The van der Waals surface area contributed by atoms with Gasteiger partial charge in [0, 0.05) is 17.8 Å². The van der Waals surface area contributed by atoms with Crippen molar-refractivity contribution in [1.82, 2.24) is 0 Å². The molecule has 2 aliphatic rings. The largest absolute Gasteiger partial charge is 0.493 e. The van der Waals surface area contributed by atoms with Gasteiger partial charge in [0.2, 0.25) is 12.5 Å². The topological polar surface area (TPSA) is 116 Å². The number of hydrogen-bond acceptors (Lipinski definition) is 10. The van der Waals surface area contributed by atoms with E-state index in [1.165, 1.54) is 33.5 Å². The second kappa shape index (κ2) is 15.8. The Morgan fingerprint density at radius 3 is 1.91 bits per heavy atom. The Labute approximate surface area is 332 Å². The SMILES string of the molecule is COc1cc([C@H]2c3cc4c(cc3[C@H](O[Si](C)(C)C(C)(C)C)[C@@H](COc3c(C)cc(C)cc3C)[C@@H]2C(=O)CS(=O)(=O)c2ccccc2)OCO4)cc(OC)c1OC. The summed E-state index contributed by atoms with van der Waals surface area (Å²) in [7, 11) is -2.04. The summed E-state index contributed by atoms with van der Waals surface area (Å²) in [6, 6.07) is 19.7. The number of ketones is 1. The predicted octanol–water partition coefficient (Wildman–Crippen LogP) is 8.93. The average molecular weight is 803 g/mol. The first-order chi connectivity index (χ1) is 26.4. The third-order valence-electron chi connectivity index (χ3n) is 11.5. The molecule has 0 aromatic heterocycles. The van der Waals surface area contributed by atoms with Crippen LogP contribution in [0.1, 0.15) is 66.2 Å². The lowest BCUT2D eigenvalue weighted by Crippen LogP contribution is -2.49. The Hall–Kier alpha value is -4.52. The number of hydrogen-bond donors (Lipinski definition) is 0. The number of sulfone groups is 1. The maximum Gasteiger partial charge on any atom is 0.231 e. The molecule has 12 heteroatoms. The monoisotopic (exact) mass is 802 g/mol. The highest BCUT2D eigenvalue weighted by atomic mass is 32.2. The Kier molecular flexibility index (Phi) is 11.6. The van der Waals surface area contributed by atoms with Gasteiger partial charge in [-0.2, -0.15) is 0 Å². The van der Waals surface area contributed by atoms with Gasteiger partial charge in [0.1, 0.15) is 11.5 Å². The Balaban J connectivity index is 1.65. The van der Waals surface area contributed by atoms with E-state index in [9.17, 15) is 8.42 Å². The molecular weight excluding hydrogens is 749 g/mol. The first-order valence-corrected chi connectivity index (χ1v) is 23.4. The van der Waals surface area contributed by atoms with Crippen LogP contribution in [0.15, 0.2) is 71.6 Å². The van der Waals surface area contributed by atoms with Crippen molar-refractivity contribution in [3.63, 3.8) is 0 Å². The van der Waals surface area contributed by atoms with E-state index in [-0.39, 0.29) is 23.3 Å². The molecule has 0 spiro atoms. The molecule has 4 atom stereocenters. The number of methoxy groups -OCH3 is 3. The van der Waals surface area contributed by atoms with Gasteiger partial charge >= 0.3 is 0 Å². The van der Waals surface area contributed by atoms with Crippen LogP contribution in [0, 0.1) is 32.6 Å². The van der Waals surface area contributed by atoms with E-state index >= 15 is 4.79 Å². The lowest BCUT2D eigenvalue weighted by Gasteiger charge is -2.48. The van der Waals surface area contributed by atoms with Crippen LogP contribution >= 0.6 is 0 Å². The summed E-state index contributed by atoms with van der Waals surface area (Å²) in [6.07, 6.45) is -0.682. The molecule has 4 aromatic carbocycles. The summed E-state index contributed by atoms with van der Waals surface area (Å²) in [5.74, 6) is -0.571. The molecule has 10 nitrogen and oxygen atoms in total. The van der Waals surface area contributed by atoms with Crippen molar-refractivity contribution in [2.45, 2.75) is 76.6 Å². The van der Waals surface area contributed by atoms with E-state index in [1.54, 1.807) is 18.2 Å². The smallest absolute Gasteiger partial charge is 0.231 e. The lowest BCUT2D eigenvalue weighted by molar-refractivity contribution is -0.125. The van der Waals surface area contributed by atoms with Crippen LogP contribution in [0.3, 0.4) is 0 Å². The molecule has 1 heterocycles. The zero-order valence-corrected chi connectivity index (χ0v) is 36.1. The zero-order chi connectivity index (χ0) is 40.7. The van der Waals surface area contributed by atoms with Gasteiger partial charge in [-0.15, -0.1) is 0 Å². The van der Waals surface area contributed by atoms with Gasteiger partial charge in [0.05, 0.1) is 38.9 Å². The minimum atomic E-state index is -4.06. The number of benzene rings is 4. The minimum absolute atomic E-state index is 0.0387. The maximum absolute atomic E-state index is 15.3. The van der Waals surface area contributed by atoms with E-state index in [4.69, 9.17) is 32.8 Å². The number of ether oxygens (including phenoxy) is 6. The summed E-state index contributed by atoms with van der Waals surface area (Å²) >= 11 is 0. The third kappa shape index (κ3) is 7.88.